The van der Waals surface area contributed by atoms with Crippen LogP contribution in [-0.4, -0.2) is 10.2 Å². The Morgan fingerprint density at radius 2 is 2.06 bits per heavy atom. The third-order valence-corrected chi connectivity index (χ3v) is 2.99. The third kappa shape index (κ3) is 3.86. The molecule has 90 valence electrons. The van der Waals surface area contributed by atoms with Gasteiger partial charge in [-0.15, -0.1) is 0 Å². The number of halogens is 4. The first-order chi connectivity index (χ1) is 7.30. The molecule has 2 nitrogen and oxygen atoms in total. The van der Waals surface area contributed by atoms with E-state index in [4.69, 9.17) is 0 Å². The molecule has 0 aliphatic rings. The molecule has 0 saturated heterocycles. The zero-order valence-corrected chi connectivity index (χ0v) is 11.0. The SMILES string of the molecule is CC(C)SNc1cc(C(F)(F)F)c(Br)cn1. The number of nitrogens with zero attached hydrogens (tertiary/aromatic N) is 1. The van der Waals surface area contributed by atoms with Crippen molar-refractivity contribution in [2.75, 3.05) is 4.72 Å². The Hall–Kier alpha value is -0.430. The van der Waals surface area contributed by atoms with Gasteiger partial charge in [-0.25, -0.2) is 4.98 Å². The molecule has 0 amide bonds. The molecule has 1 aromatic rings. The predicted molar refractivity (Wildman–Crippen MR) is 63.3 cm³/mol. The van der Waals surface area contributed by atoms with Crippen LogP contribution in [0.5, 0.6) is 0 Å². The molecular formula is C9H10BrF3N2S. The van der Waals surface area contributed by atoms with Crippen LogP contribution in [0.4, 0.5) is 19.0 Å². The van der Waals surface area contributed by atoms with Gasteiger partial charge in [-0.1, -0.05) is 13.8 Å². The highest BCUT2D eigenvalue weighted by Crippen LogP contribution is 2.35. The van der Waals surface area contributed by atoms with Crippen LogP contribution in [0.3, 0.4) is 0 Å². The maximum Gasteiger partial charge on any atom is 0.417 e. The fraction of sp³-hybridized carbons (Fsp3) is 0.444. The summed E-state index contributed by atoms with van der Waals surface area (Å²) in [5, 5.41) is 0.264. The average Bonchev–Trinajstić information content (AvgIpc) is 2.14. The van der Waals surface area contributed by atoms with Crippen LogP contribution in [0.1, 0.15) is 19.4 Å². The first-order valence-electron chi connectivity index (χ1n) is 4.45. The van der Waals surface area contributed by atoms with E-state index in [1.807, 2.05) is 13.8 Å². The molecule has 0 aromatic carbocycles. The van der Waals surface area contributed by atoms with Gasteiger partial charge < -0.3 is 4.72 Å². The van der Waals surface area contributed by atoms with Crippen molar-refractivity contribution >= 4 is 33.7 Å². The van der Waals surface area contributed by atoms with Crippen molar-refractivity contribution in [1.29, 1.82) is 0 Å². The van der Waals surface area contributed by atoms with Crippen molar-refractivity contribution < 1.29 is 13.2 Å². The molecule has 0 aliphatic carbocycles. The lowest BCUT2D eigenvalue weighted by Gasteiger charge is -2.12. The smallest absolute Gasteiger partial charge is 0.314 e. The minimum Gasteiger partial charge on any atom is -0.314 e. The number of rotatable bonds is 3. The summed E-state index contributed by atoms with van der Waals surface area (Å²) in [6.07, 6.45) is -3.23. The Labute approximate surface area is 104 Å². The van der Waals surface area contributed by atoms with Crippen molar-refractivity contribution in [3.63, 3.8) is 0 Å². The van der Waals surface area contributed by atoms with Gasteiger partial charge in [0.1, 0.15) is 5.82 Å². The Kier molecular flexibility index (Phi) is 4.49. The molecular weight excluding hydrogens is 305 g/mol. The molecule has 1 heterocycles. The Balaban J connectivity index is 2.90. The molecule has 0 fully saturated rings. The summed E-state index contributed by atoms with van der Waals surface area (Å²) < 4.78 is 40.3. The molecule has 1 N–H and O–H groups in total. The van der Waals surface area contributed by atoms with Crippen LogP contribution in [-0.2, 0) is 6.18 Å². The average molecular weight is 315 g/mol. The molecule has 1 rings (SSSR count). The number of aromatic nitrogens is 1. The van der Waals surface area contributed by atoms with E-state index >= 15 is 0 Å². The second-order valence-electron chi connectivity index (χ2n) is 3.32. The highest BCUT2D eigenvalue weighted by atomic mass is 79.9. The van der Waals surface area contributed by atoms with Crippen molar-refractivity contribution in [1.82, 2.24) is 4.98 Å². The van der Waals surface area contributed by atoms with E-state index in [0.717, 1.165) is 12.3 Å². The summed E-state index contributed by atoms with van der Waals surface area (Å²) in [6.45, 7) is 3.86. The molecule has 0 spiro atoms. The van der Waals surface area contributed by atoms with E-state index in [2.05, 4.69) is 25.6 Å². The Bertz CT molecular complexity index is 368. The van der Waals surface area contributed by atoms with Crippen LogP contribution < -0.4 is 4.72 Å². The molecule has 0 saturated carbocycles. The van der Waals surface area contributed by atoms with Crippen molar-refractivity contribution in [3.8, 4) is 0 Å². The van der Waals surface area contributed by atoms with E-state index in [0.29, 0.717) is 0 Å². The van der Waals surface area contributed by atoms with E-state index in [1.54, 1.807) is 0 Å². The molecule has 0 radical (unpaired) electrons. The van der Waals surface area contributed by atoms with Gasteiger partial charge in [-0.2, -0.15) is 13.2 Å². The van der Waals surface area contributed by atoms with Crippen LogP contribution in [0, 0.1) is 0 Å². The van der Waals surface area contributed by atoms with Gasteiger partial charge in [0.15, 0.2) is 0 Å². The minimum absolute atomic E-state index is 0.0555. The third-order valence-electron chi connectivity index (χ3n) is 1.56. The lowest BCUT2D eigenvalue weighted by Crippen LogP contribution is -2.07. The number of pyridine rings is 1. The first kappa shape index (κ1) is 13.6. The summed E-state index contributed by atoms with van der Waals surface area (Å²) in [5.74, 6) is 0.203. The monoisotopic (exact) mass is 314 g/mol. The highest BCUT2D eigenvalue weighted by Gasteiger charge is 2.33. The molecule has 0 bridgehead atoms. The number of hydrogen-bond acceptors (Lipinski definition) is 3. The van der Waals surface area contributed by atoms with Crippen LogP contribution >= 0.6 is 27.9 Å². The van der Waals surface area contributed by atoms with Crippen LogP contribution in [0.15, 0.2) is 16.7 Å². The maximum atomic E-state index is 12.5. The topological polar surface area (TPSA) is 24.9 Å². The van der Waals surface area contributed by atoms with Gasteiger partial charge in [0, 0.05) is 15.9 Å². The number of nitrogens with one attached hydrogen (secondary N) is 1. The van der Waals surface area contributed by atoms with Gasteiger partial charge in [0.25, 0.3) is 0 Å². The first-order valence-corrected chi connectivity index (χ1v) is 6.12. The zero-order valence-electron chi connectivity index (χ0n) is 8.60. The van der Waals surface area contributed by atoms with E-state index in [-0.39, 0.29) is 15.5 Å². The highest BCUT2D eigenvalue weighted by molar-refractivity contribution is 9.10. The summed E-state index contributed by atoms with van der Waals surface area (Å²) in [4.78, 5) is 3.85. The number of anilines is 1. The summed E-state index contributed by atoms with van der Waals surface area (Å²) in [7, 11) is 0. The number of alkyl halides is 3. The van der Waals surface area contributed by atoms with Gasteiger partial charge in [0.2, 0.25) is 0 Å². The molecule has 16 heavy (non-hydrogen) atoms. The van der Waals surface area contributed by atoms with Crippen molar-refractivity contribution in [2.45, 2.75) is 25.3 Å². The van der Waals surface area contributed by atoms with E-state index in [1.165, 1.54) is 11.9 Å². The predicted octanol–water partition coefficient (Wildman–Crippen LogP) is 4.33. The fourth-order valence-electron chi connectivity index (χ4n) is 0.890. The van der Waals surface area contributed by atoms with Crippen LogP contribution in [0.2, 0.25) is 0 Å². The number of hydrogen-bond donors (Lipinski definition) is 1. The summed E-state index contributed by atoms with van der Waals surface area (Å²) in [5.41, 5.74) is -0.727. The second-order valence-corrected chi connectivity index (χ2v) is 5.55. The Morgan fingerprint density at radius 1 is 1.44 bits per heavy atom. The van der Waals surface area contributed by atoms with Gasteiger partial charge in [-0.3, -0.25) is 0 Å². The largest absolute Gasteiger partial charge is 0.417 e. The second kappa shape index (κ2) is 5.27. The molecule has 0 atom stereocenters. The molecule has 0 aliphatic heterocycles. The quantitative estimate of drug-likeness (QED) is 0.840. The Morgan fingerprint density at radius 3 is 2.56 bits per heavy atom. The van der Waals surface area contributed by atoms with Gasteiger partial charge >= 0.3 is 6.18 Å². The lowest BCUT2D eigenvalue weighted by atomic mass is 10.2. The van der Waals surface area contributed by atoms with Gasteiger partial charge in [-0.05, 0) is 33.9 Å². The van der Waals surface area contributed by atoms with Crippen molar-refractivity contribution in [2.24, 2.45) is 0 Å². The summed E-state index contributed by atoms with van der Waals surface area (Å²) in [6, 6.07) is 0.986. The van der Waals surface area contributed by atoms with Gasteiger partial charge in [0.05, 0.1) is 5.56 Å². The van der Waals surface area contributed by atoms with E-state index < -0.39 is 11.7 Å². The standard InChI is InChI=1S/C9H10BrF3N2S/c1-5(2)16-15-8-3-6(9(11,12)13)7(10)4-14-8/h3-5H,1-2H3,(H,14,15). The normalized spacial score (nSPS) is 11.9. The molecule has 1 aromatic heterocycles. The van der Waals surface area contributed by atoms with Crippen molar-refractivity contribution in [3.05, 3.63) is 22.3 Å². The molecule has 0 unspecified atom stereocenters. The lowest BCUT2D eigenvalue weighted by molar-refractivity contribution is -0.138. The maximum absolute atomic E-state index is 12.5. The summed E-state index contributed by atoms with van der Waals surface area (Å²) >= 11 is 4.14. The minimum atomic E-state index is -4.37. The fourth-order valence-corrected chi connectivity index (χ4v) is 1.80. The zero-order chi connectivity index (χ0) is 12.3. The molecule has 7 heteroatoms. The van der Waals surface area contributed by atoms with Crippen LogP contribution in [0.25, 0.3) is 0 Å². The van der Waals surface area contributed by atoms with E-state index in [9.17, 15) is 13.2 Å².